The molecule has 0 aromatic heterocycles. The van der Waals surface area contributed by atoms with Crippen molar-refractivity contribution in [1.82, 2.24) is 4.90 Å². The van der Waals surface area contributed by atoms with Crippen LogP contribution in [0.25, 0.3) is 0 Å². The van der Waals surface area contributed by atoms with E-state index in [2.05, 4.69) is 15.9 Å². The number of morpholine rings is 1. The second-order valence-corrected chi connectivity index (χ2v) is 6.41. The monoisotopic (exact) mass is 330 g/mol. The summed E-state index contributed by atoms with van der Waals surface area (Å²) in [6.07, 6.45) is 2.14. The quantitative estimate of drug-likeness (QED) is 0.621. The number of nitro benzene ring substituents is 1. The number of nitriles is 1. The highest BCUT2D eigenvalue weighted by Crippen LogP contribution is 2.34. The van der Waals surface area contributed by atoms with Gasteiger partial charge in [-0.3, -0.25) is 15.0 Å². The number of anilines is 1. The number of ether oxygens (including phenoxy) is 1. The molecule has 0 bridgehead atoms. The fourth-order valence-corrected chi connectivity index (χ4v) is 3.66. The number of benzene rings is 1. The lowest BCUT2D eigenvalue weighted by Crippen LogP contribution is -2.45. The Morgan fingerprint density at radius 3 is 2.79 bits per heavy atom. The van der Waals surface area contributed by atoms with Gasteiger partial charge in [-0.1, -0.05) is 0 Å². The molecule has 0 saturated carbocycles. The SMILES string of the molecule is Cc1c(N2CCC[C@@H]2CN2CCOCC2)cc(C#N)cc1[N+](=O)[O-]. The molecule has 0 unspecified atom stereocenters. The summed E-state index contributed by atoms with van der Waals surface area (Å²) in [6.45, 7) is 6.99. The standard InChI is InChI=1S/C17H22N4O3/c1-13-16(9-14(11-18)10-17(13)21(22)23)20-4-2-3-15(20)12-19-5-7-24-8-6-19/h9-10,15H,2-8,12H2,1H3/t15-/m1/s1. The van der Waals surface area contributed by atoms with Crippen LogP contribution in [0, 0.1) is 28.4 Å². The first kappa shape index (κ1) is 16.7. The summed E-state index contributed by atoms with van der Waals surface area (Å²) in [6, 6.07) is 5.54. The van der Waals surface area contributed by atoms with Gasteiger partial charge in [0, 0.05) is 44.0 Å². The number of hydrogen-bond acceptors (Lipinski definition) is 6. The number of rotatable bonds is 4. The van der Waals surface area contributed by atoms with Gasteiger partial charge in [0.1, 0.15) is 0 Å². The first-order valence-corrected chi connectivity index (χ1v) is 8.36. The summed E-state index contributed by atoms with van der Waals surface area (Å²) in [5, 5.41) is 20.5. The molecular formula is C17H22N4O3. The van der Waals surface area contributed by atoms with Gasteiger partial charge in [0.25, 0.3) is 5.69 Å². The predicted molar refractivity (Wildman–Crippen MR) is 90.2 cm³/mol. The molecule has 3 rings (SSSR count). The zero-order valence-electron chi connectivity index (χ0n) is 13.9. The zero-order chi connectivity index (χ0) is 17.1. The Kier molecular flexibility index (Phi) is 4.97. The van der Waals surface area contributed by atoms with Crippen molar-refractivity contribution < 1.29 is 9.66 Å². The van der Waals surface area contributed by atoms with Gasteiger partial charge in [-0.2, -0.15) is 5.26 Å². The summed E-state index contributed by atoms with van der Waals surface area (Å²) >= 11 is 0. The van der Waals surface area contributed by atoms with Crippen LogP contribution < -0.4 is 4.90 Å². The molecule has 24 heavy (non-hydrogen) atoms. The lowest BCUT2D eigenvalue weighted by atomic mass is 10.1. The Morgan fingerprint density at radius 1 is 1.38 bits per heavy atom. The van der Waals surface area contributed by atoms with Crippen LogP contribution in [0.1, 0.15) is 24.0 Å². The van der Waals surface area contributed by atoms with Crippen LogP contribution in [0.15, 0.2) is 12.1 Å². The van der Waals surface area contributed by atoms with Crippen molar-refractivity contribution in [3.8, 4) is 6.07 Å². The smallest absolute Gasteiger partial charge is 0.275 e. The molecule has 1 atom stereocenters. The third kappa shape index (κ3) is 3.35. The molecule has 0 amide bonds. The maximum absolute atomic E-state index is 11.3. The van der Waals surface area contributed by atoms with Gasteiger partial charge in [-0.15, -0.1) is 0 Å². The van der Waals surface area contributed by atoms with E-state index in [1.165, 1.54) is 6.07 Å². The second-order valence-electron chi connectivity index (χ2n) is 6.41. The molecule has 0 aliphatic carbocycles. The zero-order valence-corrected chi connectivity index (χ0v) is 13.9. The van der Waals surface area contributed by atoms with Gasteiger partial charge in [-0.25, -0.2) is 0 Å². The van der Waals surface area contributed by atoms with Crippen molar-refractivity contribution in [2.75, 3.05) is 44.3 Å². The third-order valence-electron chi connectivity index (χ3n) is 4.94. The number of nitrogens with zero attached hydrogens (tertiary/aromatic N) is 4. The van der Waals surface area contributed by atoms with Crippen molar-refractivity contribution in [3.05, 3.63) is 33.4 Å². The van der Waals surface area contributed by atoms with E-state index >= 15 is 0 Å². The minimum Gasteiger partial charge on any atom is -0.379 e. The highest BCUT2D eigenvalue weighted by atomic mass is 16.6. The fraction of sp³-hybridized carbons (Fsp3) is 0.588. The highest BCUT2D eigenvalue weighted by molar-refractivity contribution is 5.66. The van der Waals surface area contributed by atoms with Gasteiger partial charge < -0.3 is 9.64 Å². The average molecular weight is 330 g/mol. The molecule has 0 N–H and O–H groups in total. The lowest BCUT2D eigenvalue weighted by Gasteiger charge is -2.34. The maximum atomic E-state index is 11.3. The van der Waals surface area contributed by atoms with E-state index < -0.39 is 4.92 Å². The molecule has 1 aromatic rings. The Labute approximate surface area is 141 Å². The minimum atomic E-state index is -0.396. The summed E-state index contributed by atoms with van der Waals surface area (Å²) < 4.78 is 5.40. The molecular weight excluding hydrogens is 308 g/mol. The molecule has 7 nitrogen and oxygen atoms in total. The first-order valence-electron chi connectivity index (χ1n) is 8.36. The normalized spacial score (nSPS) is 21.7. The van der Waals surface area contributed by atoms with Crippen LogP contribution in [-0.2, 0) is 4.74 Å². The maximum Gasteiger partial charge on any atom is 0.275 e. The molecule has 2 saturated heterocycles. The van der Waals surface area contributed by atoms with Gasteiger partial charge in [0.15, 0.2) is 0 Å². The van der Waals surface area contributed by atoms with Gasteiger partial charge in [0.05, 0.1) is 35.3 Å². The van der Waals surface area contributed by atoms with Crippen LogP contribution in [0.4, 0.5) is 11.4 Å². The Morgan fingerprint density at radius 2 is 2.12 bits per heavy atom. The number of nitro groups is 1. The van der Waals surface area contributed by atoms with Crippen LogP contribution in [-0.4, -0.2) is 55.3 Å². The van der Waals surface area contributed by atoms with Crippen LogP contribution in [0.5, 0.6) is 0 Å². The van der Waals surface area contributed by atoms with Gasteiger partial charge >= 0.3 is 0 Å². The summed E-state index contributed by atoms with van der Waals surface area (Å²) in [5.74, 6) is 0. The predicted octanol–water partition coefficient (Wildman–Crippen LogP) is 2.08. The molecule has 7 heteroatoms. The molecule has 128 valence electrons. The van der Waals surface area contributed by atoms with Crippen molar-refractivity contribution in [3.63, 3.8) is 0 Å². The topological polar surface area (TPSA) is 82.6 Å². The first-order chi connectivity index (χ1) is 11.6. The van der Waals surface area contributed by atoms with E-state index in [0.717, 1.165) is 57.9 Å². The largest absolute Gasteiger partial charge is 0.379 e. The summed E-state index contributed by atoms with van der Waals surface area (Å²) in [5.41, 5.74) is 1.85. The van der Waals surface area contributed by atoms with Gasteiger partial charge in [-0.05, 0) is 25.8 Å². The van der Waals surface area contributed by atoms with E-state index in [0.29, 0.717) is 17.2 Å². The van der Waals surface area contributed by atoms with Crippen molar-refractivity contribution in [1.29, 1.82) is 5.26 Å². The molecule has 2 aliphatic rings. The molecule has 1 aromatic carbocycles. The van der Waals surface area contributed by atoms with Crippen LogP contribution in [0.2, 0.25) is 0 Å². The second kappa shape index (κ2) is 7.16. The minimum absolute atomic E-state index is 0.0288. The summed E-state index contributed by atoms with van der Waals surface area (Å²) in [7, 11) is 0. The van der Waals surface area contributed by atoms with E-state index in [4.69, 9.17) is 4.74 Å². The van der Waals surface area contributed by atoms with E-state index in [1.807, 2.05) is 0 Å². The van der Waals surface area contributed by atoms with E-state index in [1.54, 1.807) is 13.0 Å². The third-order valence-corrected chi connectivity index (χ3v) is 4.94. The Balaban J connectivity index is 1.87. The fourth-order valence-electron chi connectivity index (χ4n) is 3.66. The summed E-state index contributed by atoms with van der Waals surface area (Å²) in [4.78, 5) is 15.6. The molecule has 0 radical (unpaired) electrons. The van der Waals surface area contributed by atoms with Gasteiger partial charge in [0.2, 0.25) is 0 Å². The molecule has 0 spiro atoms. The van der Waals surface area contributed by atoms with E-state index in [9.17, 15) is 15.4 Å². The van der Waals surface area contributed by atoms with Crippen molar-refractivity contribution in [2.45, 2.75) is 25.8 Å². The Bertz CT molecular complexity index is 665. The lowest BCUT2D eigenvalue weighted by molar-refractivity contribution is -0.385. The van der Waals surface area contributed by atoms with E-state index in [-0.39, 0.29) is 5.69 Å². The number of hydrogen-bond donors (Lipinski definition) is 0. The van der Waals surface area contributed by atoms with Crippen molar-refractivity contribution in [2.24, 2.45) is 0 Å². The Hall–Kier alpha value is -2.17. The highest BCUT2D eigenvalue weighted by Gasteiger charge is 2.30. The average Bonchev–Trinajstić information content (AvgIpc) is 3.03. The molecule has 2 fully saturated rings. The molecule has 2 heterocycles. The molecule has 2 aliphatic heterocycles. The van der Waals surface area contributed by atoms with Crippen LogP contribution >= 0.6 is 0 Å². The van der Waals surface area contributed by atoms with Crippen LogP contribution in [0.3, 0.4) is 0 Å². The van der Waals surface area contributed by atoms with Crippen molar-refractivity contribution >= 4 is 11.4 Å².